The van der Waals surface area contributed by atoms with Crippen LogP contribution >= 0.6 is 0 Å². The molecule has 1 amide bonds. The van der Waals surface area contributed by atoms with Gasteiger partial charge < -0.3 is 11.1 Å². The molecule has 0 radical (unpaired) electrons. The number of nitrogens with two attached hydrogens (primary N) is 1. The van der Waals surface area contributed by atoms with Gasteiger partial charge in [0.25, 0.3) is 0 Å². The average Bonchev–Trinajstić information content (AvgIpc) is 2.81. The van der Waals surface area contributed by atoms with Crippen molar-refractivity contribution in [3.05, 3.63) is 0 Å². The van der Waals surface area contributed by atoms with Gasteiger partial charge in [0.15, 0.2) is 0 Å². The highest BCUT2D eigenvalue weighted by Crippen LogP contribution is 2.31. The third kappa shape index (κ3) is 3.77. The molecule has 0 bridgehead atoms. The van der Waals surface area contributed by atoms with Crippen LogP contribution in [0.15, 0.2) is 0 Å². The number of hydrogen-bond acceptors (Lipinski definition) is 2. The predicted molar refractivity (Wildman–Crippen MR) is 53.2 cm³/mol. The molecule has 0 saturated heterocycles. The zero-order valence-electron chi connectivity index (χ0n) is 8.60. The maximum Gasteiger partial charge on any atom is 0.224 e. The molecule has 1 rings (SSSR count). The summed E-state index contributed by atoms with van der Waals surface area (Å²) in [4.78, 5) is 10.9. The van der Waals surface area contributed by atoms with E-state index >= 15 is 0 Å². The first kappa shape index (κ1) is 10.5. The highest BCUT2D eigenvalue weighted by Gasteiger charge is 2.25. The second-order valence-corrected chi connectivity index (χ2v) is 4.66. The van der Waals surface area contributed by atoms with Crippen LogP contribution in [0.4, 0.5) is 0 Å². The molecule has 0 aromatic carbocycles. The Kier molecular flexibility index (Phi) is 3.31. The third-order valence-corrected chi connectivity index (χ3v) is 2.66. The Balaban J connectivity index is 2.05. The minimum absolute atomic E-state index is 0.230. The van der Waals surface area contributed by atoms with E-state index in [1.54, 1.807) is 0 Å². The number of carbonyl (C=O) groups is 1. The first-order valence-corrected chi connectivity index (χ1v) is 5.03. The van der Waals surface area contributed by atoms with Gasteiger partial charge in [-0.3, -0.25) is 4.79 Å². The van der Waals surface area contributed by atoms with Crippen molar-refractivity contribution in [2.45, 2.75) is 33.1 Å². The van der Waals surface area contributed by atoms with Crippen LogP contribution in [0.3, 0.4) is 0 Å². The molecule has 0 heterocycles. The molecule has 1 aliphatic rings. The average molecular weight is 184 g/mol. The number of rotatable bonds is 6. The van der Waals surface area contributed by atoms with Crippen LogP contribution < -0.4 is 11.1 Å². The Hall–Kier alpha value is -0.570. The summed E-state index contributed by atoms with van der Waals surface area (Å²) in [6, 6.07) is 0. The molecule has 3 N–H and O–H groups in total. The van der Waals surface area contributed by atoms with Crippen molar-refractivity contribution >= 4 is 5.91 Å². The molecule has 13 heavy (non-hydrogen) atoms. The van der Waals surface area contributed by atoms with Gasteiger partial charge in [-0.1, -0.05) is 12.8 Å². The molecule has 0 aromatic heterocycles. The molecule has 1 aliphatic carbocycles. The van der Waals surface area contributed by atoms with E-state index in [-0.39, 0.29) is 5.91 Å². The second kappa shape index (κ2) is 4.09. The van der Waals surface area contributed by atoms with Crippen molar-refractivity contribution < 1.29 is 4.79 Å². The zero-order chi connectivity index (χ0) is 9.90. The SMILES string of the molecule is CC(C)(CNCCC1CC1)C(N)=O. The van der Waals surface area contributed by atoms with E-state index < -0.39 is 5.41 Å². The van der Waals surface area contributed by atoms with Crippen molar-refractivity contribution in [1.82, 2.24) is 5.32 Å². The second-order valence-electron chi connectivity index (χ2n) is 4.66. The molecule has 3 heteroatoms. The molecule has 1 fully saturated rings. The monoisotopic (exact) mass is 184 g/mol. The van der Waals surface area contributed by atoms with Gasteiger partial charge in [-0.2, -0.15) is 0 Å². The van der Waals surface area contributed by atoms with Gasteiger partial charge in [0.2, 0.25) is 5.91 Å². The molecule has 0 atom stereocenters. The summed E-state index contributed by atoms with van der Waals surface area (Å²) in [5.74, 6) is 0.718. The van der Waals surface area contributed by atoms with Crippen LogP contribution in [0, 0.1) is 11.3 Å². The normalized spacial score (nSPS) is 17.4. The molecule has 0 aliphatic heterocycles. The van der Waals surface area contributed by atoms with Crippen LogP contribution in [0.25, 0.3) is 0 Å². The fraction of sp³-hybridized carbons (Fsp3) is 0.900. The van der Waals surface area contributed by atoms with E-state index in [0.29, 0.717) is 6.54 Å². The fourth-order valence-electron chi connectivity index (χ4n) is 1.20. The first-order valence-electron chi connectivity index (χ1n) is 5.03. The molecular formula is C10H20N2O. The summed E-state index contributed by atoms with van der Waals surface area (Å²) in [5, 5.41) is 3.28. The maximum absolute atomic E-state index is 10.9. The van der Waals surface area contributed by atoms with Crippen LogP contribution in [0.1, 0.15) is 33.1 Å². The molecule has 0 aromatic rings. The van der Waals surface area contributed by atoms with Crippen molar-refractivity contribution in [2.75, 3.05) is 13.1 Å². The summed E-state index contributed by atoms with van der Waals surface area (Å²) < 4.78 is 0. The lowest BCUT2D eigenvalue weighted by atomic mass is 9.93. The van der Waals surface area contributed by atoms with E-state index in [1.807, 2.05) is 13.8 Å². The van der Waals surface area contributed by atoms with Gasteiger partial charge in [0.05, 0.1) is 5.41 Å². The van der Waals surface area contributed by atoms with Crippen LogP contribution in [0.2, 0.25) is 0 Å². The maximum atomic E-state index is 10.9. The summed E-state index contributed by atoms with van der Waals surface area (Å²) in [7, 11) is 0. The van der Waals surface area contributed by atoms with Gasteiger partial charge in [-0.05, 0) is 32.7 Å². The summed E-state index contributed by atoms with van der Waals surface area (Å²) >= 11 is 0. The summed E-state index contributed by atoms with van der Waals surface area (Å²) in [6.45, 7) is 5.45. The van der Waals surface area contributed by atoms with Gasteiger partial charge in [-0.25, -0.2) is 0 Å². The molecule has 76 valence electrons. The zero-order valence-corrected chi connectivity index (χ0v) is 8.60. The van der Waals surface area contributed by atoms with E-state index in [9.17, 15) is 4.79 Å². The van der Waals surface area contributed by atoms with Crippen molar-refractivity contribution in [2.24, 2.45) is 17.1 Å². The Labute approximate surface area is 80.1 Å². The summed E-state index contributed by atoms with van der Waals surface area (Å²) in [5.41, 5.74) is 4.83. The van der Waals surface area contributed by atoms with Gasteiger partial charge in [0, 0.05) is 6.54 Å². The Morgan fingerprint density at radius 2 is 2.15 bits per heavy atom. The van der Waals surface area contributed by atoms with E-state index in [1.165, 1.54) is 19.3 Å². The van der Waals surface area contributed by atoms with Crippen molar-refractivity contribution in [3.8, 4) is 0 Å². The predicted octanol–water partition coefficient (Wildman–Crippen LogP) is 0.888. The Morgan fingerprint density at radius 1 is 1.54 bits per heavy atom. The largest absolute Gasteiger partial charge is 0.369 e. The van der Waals surface area contributed by atoms with Crippen molar-refractivity contribution in [1.29, 1.82) is 0 Å². The van der Waals surface area contributed by atoms with Gasteiger partial charge in [0.1, 0.15) is 0 Å². The number of amides is 1. The molecule has 3 nitrogen and oxygen atoms in total. The minimum Gasteiger partial charge on any atom is -0.369 e. The lowest BCUT2D eigenvalue weighted by Gasteiger charge is -2.20. The Morgan fingerprint density at radius 3 is 2.62 bits per heavy atom. The van der Waals surface area contributed by atoms with Gasteiger partial charge >= 0.3 is 0 Å². The van der Waals surface area contributed by atoms with Gasteiger partial charge in [-0.15, -0.1) is 0 Å². The third-order valence-electron chi connectivity index (χ3n) is 2.66. The molecular weight excluding hydrogens is 164 g/mol. The molecule has 1 saturated carbocycles. The quantitative estimate of drug-likeness (QED) is 0.602. The minimum atomic E-state index is -0.413. The number of hydrogen-bond donors (Lipinski definition) is 2. The molecule has 0 unspecified atom stereocenters. The number of nitrogens with one attached hydrogen (secondary N) is 1. The summed E-state index contributed by atoms with van der Waals surface area (Å²) in [6.07, 6.45) is 4.02. The lowest BCUT2D eigenvalue weighted by Crippen LogP contribution is -2.40. The van der Waals surface area contributed by atoms with E-state index in [4.69, 9.17) is 5.73 Å². The van der Waals surface area contributed by atoms with E-state index in [2.05, 4.69) is 5.32 Å². The van der Waals surface area contributed by atoms with E-state index in [0.717, 1.165) is 12.5 Å². The first-order chi connectivity index (χ1) is 6.02. The highest BCUT2D eigenvalue weighted by molar-refractivity contribution is 5.80. The van der Waals surface area contributed by atoms with Crippen LogP contribution in [-0.4, -0.2) is 19.0 Å². The molecule has 0 spiro atoms. The van der Waals surface area contributed by atoms with Crippen molar-refractivity contribution in [3.63, 3.8) is 0 Å². The smallest absolute Gasteiger partial charge is 0.224 e. The Bertz CT molecular complexity index is 185. The fourth-order valence-corrected chi connectivity index (χ4v) is 1.20. The standard InChI is InChI=1S/C10H20N2O/c1-10(2,9(11)13)7-12-6-5-8-3-4-8/h8,12H,3-7H2,1-2H3,(H2,11,13). The number of primary amides is 1. The lowest BCUT2D eigenvalue weighted by molar-refractivity contribution is -0.125. The van der Waals surface area contributed by atoms with Crippen LogP contribution in [0.5, 0.6) is 0 Å². The van der Waals surface area contributed by atoms with Crippen LogP contribution in [-0.2, 0) is 4.79 Å². The highest BCUT2D eigenvalue weighted by atomic mass is 16.1. The number of carbonyl (C=O) groups excluding carboxylic acids is 1. The topological polar surface area (TPSA) is 55.1 Å².